The Morgan fingerprint density at radius 2 is 1.89 bits per heavy atom. The molecule has 0 aromatic heterocycles. The quantitative estimate of drug-likeness (QED) is 0.744. The monoisotopic (exact) mass is 378 g/mol. The third-order valence-electron chi connectivity index (χ3n) is 5.90. The second kappa shape index (κ2) is 6.33. The molecule has 2 aliphatic rings. The highest BCUT2D eigenvalue weighted by atomic mass is 32.2. The Hall–Kier alpha value is -2.42. The fraction of sp³-hybridized carbons (Fsp3) is 0.318. The van der Waals surface area contributed by atoms with Crippen molar-refractivity contribution in [2.75, 3.05) is 6.54 Å². The number of sulfonamides is 1. The van der Waals surface area contributed by atoms with E-state index in [4.69, 9.17) is 0 Å². The summed E-state index contributed by atoms with van der Waals surface area (Å²) in [6.07, 6.45) is 2.38. The molecular formula is C22H22N2O2S. The van der Waals surface area contributed by atoms with Crippen LogP contribution in [-0.4, -0.2) is 19.3 Å². The summed E-state index contributed by atoms with van der Waals surface area (Å²) >= 11 is 0. The van der Waals surface area contributed by atoms with Crippen LogP contribution in [0, 0.1) is 24.2 Å². The van der Waals surface area contributed by atoms with Crippen molar-refractivity contribution in [3.63, 3.8) is 0 Å². The fourth-order valence-corrected chi connectivity index (χ4v) is 6.43. The van der Waals surface area contributed by atoms with Gasteiger partial charge in [0.05, 0.1) is 22.4 Å². The molecule has 1 aliphatic heterocycles. The van der Waals surface area contributed by atoms with E-state index >= 15 is 0 Å². The SMILES string of the molecule is C=C1CN(S(=O)(=O)c2ccc(C)cc2)[C@@]2(CCCc3ccccc32)[C@@H]1C#N. The van der Waals surface area contributed by atoms with Crippen molar-refractivity contribution in [1.29, 1.82) is 5.26 Å². The molecule has 0 N–H and O–H groups in total. The molecule has 1 spiro atoms. The van der Waals surface area contributed by atoms with Crippen molar-refractivity contribution in [2.45, 2.75) is 36.6 Å². The largest absolute Gasteiger partial charge is 0.244 e. The van der Waals surface area contributed by atoms with Gasteiger partial charge >= 0.3 is 0 Å². The van der Waals surface area contributed by atoms with Crippen molar-refractivity contribution in [2.24, 2.45) is 5.92 Å². The molecule has 0 amide bonds. The van der Waals surface area contributed by atoms with E-state index < -0.39 is 21.5 Å². The zero-order chi connectivity index (χ0) is 19.2. The maximum Gasteiger partial charge on any atom is 0.244 e. The topological polar surface area (TPSA) is 61.2 Å². The summed E-state index contributed by atoms with van der Waals surface area (Å²) in [6.45, 7) is 6.18. The summed E-state index contributed by atoms with van der Waals surface area (Å²) < 4.78 is 28.8. The minimum absolute atomic E-state index is 0.183. The maximum absolute atomic E-state index is 13.6. The van der Waals surface area contributed by atoms with E-state index in [-0.39, 0.29) is 11.4 Å². The zero-order valence-electron chi connectivity index (χ0n) is 15.4. The zero-order valence-corrected chi connectivity index (χ0v) is 16.2. The van der Waals surface area contributed by atoms with Gasteiger partial charge in [-0.15, -0.1) is 0 Å². The number of fused-ring (bicyclic) bond motifs is 2. The molecule has 4 nitrogen and oxygen atoms in total. The third-order valence-corrected chi connectivity index (χ3v) is 7.81. The average Bonchev–Trinajstić information content (AvgIpc) is 2.95. The number of benzene rings is 2. The first-order valence-electron chi connectivity index (χ1n) is 9.16. The Balaban J connectivity index is 1.95. The summed E-state index contributed by atoms with van der Waals surface area (Å²) in [5, 5.41) is 9.94. The molecule has 4 rings (SSSR count). The first-order valence-corrected chi connectivity index (χ1v) is 10.6. The van der Waals surface area contributed by atoms with Gasteiger partial charge in [0.25, 0.3) is 0 Å². The Bertz CT molecular complexity index is 1050. The summed E-state index contributed by atoms with van der Waals surface area (Å²) in [5.74, 6) is -0.542. The Kier molecular flexibility index (Phi) is 4.21. The minimum Gasteiger partial charge on any atom is -0.207 e. The lowest BCUT2D eigenvalue weighted by Gasteiger charge is -2.43. The van der Waals surface area contributed by atoms with Crippen LogP contribution in [0.15, 0.2) is 65.6 Å². The van der Waals surface area contributed by atoms with E-state index in [1.54, 1.807) is 28.6 Å². The van der Waals surface area contributed by atoms with Crippen molar-refractivity contribution >= 4 is 10.0 Å². The number of hydrogen-bond acceptors (Lipinski definition) is 3. The fourth-order valence-electron chi connectivity index (χ4n) is 4.64. The standard InChI is InChI=1S/C22H22N2O2S/c1-16-9-11-19(12-10-16)27(25,26)24-15-17(2)21(14-23)22(24)13-5-7-18-6-3-4-8-20(18)22/h3-4,6,8-12,21H,2,5,7,13,15H2,1H3/t21-,22-/m1/s1. The molecule has 1 heterocycles. The molecule has 0 saturated carbocycles. The highest BCUT2D eigenvalue weighted by Gasteiger charge is 2.58. The number of rotatable bonds is 2. The number of hydrogen-bond donors (Lipinski definition) is 0. The predicted molar refractivity (Wildman–Crippen MR) is 104 cm³/mol. The van der Waals surface area contributed by atoms with Gasteiger partial charge in [-0.1, -0.05) is 48.5 Å². The predicted octanol–water partition coefficient (Wildman–Crippen LogP) is 3.93. The minimum atomic E-state index is -3.76. The van der Waals surface area contributed by atoms with Crippen molar-refractivity contribution in [3.05, 3.63) is 77.4 Å². The Morgan fingerprint density at radius 1 is 1.19 bits per heavy atom. The molecule has 1 aliphatic carbocycles. The van der Waals surface area contributed by atoms with E-state index in [2.05, 4.69) is 12.6 Å². The summed E-state index contributed by atoms with van der Waals surface area (Å²) in [5.41, 5.74) is 2.89. The molecule has 27 heavy (non-hydrogen) atoms. The van der Waals surface area contributed by atoms with Crippen LogP contribution in [0.2, 0.25) is 0 Å². The van der Waals surface area contributed by atoms with Gasteiger partial charge in [0.2, 0.25) is 10.0 Å². The van der Waals surface area contributed by atoms with Gasteiger partial charge in [-0.25, -0.2) is 8.42 Å². The Labute approximate surface area is 160 Å². The van der Waals surface area contributed by atoms with E-state index in [9.17, 15) is 13.7 Å². The van der Waals surface area contributed by atoms with Gasteiger partial charge in [-0.3, -0.25) is 0 Å². The first-order chi connectivity index (χ1) is 12.9. The van der Waals surface area contributed by atoms with Gasteiger partial charge in [0.1, 0.15) is 0 Å². The maximum atomic E-state index is 13.6. The summed E-state index contributed by atoms with van der Waals surface area (Å²) in [4.78, 5) is 0.266. The van der Waals surface area contributed by atoms with Gasteiger partial charge < -0.3 is 0 Å². The molecule has 0 unspecified atom stereocenters. The highest BCUT2D eigenvalue weighted by Crippen LogP contribution is 2.53. The van der Waals surface area contributed by atoms with E-state index in [1.165, 1.54) is 0 Å². The molecule has 2 atom stereocenters. The Morgan fingerprint density at radius 3 is 2.59 bits per heavy atom. The van der Waals surface area contributed by atoms with Crippen LogP contribution in [0.5, 0.6) is 0 Å². The number of aryl methyl sites for hydroxylation is 2. The lowest BCUT2D eigenvalue weighted by atomic mass is 9.70. The van der Waals surface area contributed by atoms with Crippen LogP contribution >= 0.6 is 0 Å². The van der Waals surface area contributed by atoms with Crippen LogP contribution in [0.3, 0.4) is 0 Å². The van der Waals surface area contributed by atoms with Gasteiger partial charge in [-0.2, -0.15) is 9.57 Å². The smallest absolute Gasteiger partial charge is 0.207 e. The lowest BCUT2D eigenvalue weighted by molar-refractivity contribution is 0.181. The second-order valence-electron chi connectivity index (χ2n) is 7.48. The van der Waals surface area contributed by atoms with Crippen LogP contribution in [0.25, 0.3) is 0 Å². The molecule has 2 aromatic rings. The van der Waals surface area contributed by atoms with Crippen LogP contribution in [0.4, 0.5) is 0 Å². The first kappa shape index (κ1) is 18.0. The molecule has 2 aromatic carbocycles. The molecule has 5 heteroatoms. The van der Waals surface area contributed by atoms with Crippen molar-refractivity contribution in [1.82, 2.24) is 4.31 Å². The molecule has 0 bridgehead atoms. The average molecular weight is 378 g/mol. The van der Waals surface area contributed by atoms with Crippen LogP contribution in [0.1, 0.15) is 29.5 Å². The normalized spacial score (nSPS) is 25.3. The molecule has 0 radical (unpaired) electrons. The summed E-state index contributed by atoms with van der Waals surface area (Å²) in [6, 6.07) is 17.2. The lowest BCUT2D eigenvalue weighted by Crippen LogP contribution is -2.49. The van der Waals surface area contributed by atoms with Crippen molar-refractivity contribution < 1.29 is 8.42 Å². The van der Waals surface area contributed by atoms with E-state index in [0.717, 1.165) is 29.5 Å². The van der Waals surface area contributed by atoms with E-state index in [1.807, 2.05) is 31.2 Å². The number of nitrogens with zero attached hydrogens (tertiary/aromatic N) is 2. The van der Waals surface area contributed by atoms with E-state index in [0.29, 0.717) is 12.0 Å². The molecule has 1 fully saturated rings. The number of nitriles is 1. The van der Waals surface area contributed by atoms with Gasteiger partial charge in [0.15, 0.2) is 0 Å². The van der Waals surface area contributed by atoms with Gasteiger partial charge in [0, 0.05) is 6.54 Å². The van der Waals surface area contributed by atoms with Gasteiger partial charge in [-0.05, 0) is 55.0 Å². The second-order valence-corrected chi connectivity index (χ2v) is 9.34. The molecular weight excluding hydrogens is 356 g/mol. The van der Waals surface area contributed by atoms with Crippen LogP contribution < -0.4 is 0 Å². The molecule has 138 valence electrons. The summed E-state index contributed by atoms with van der Waals surface area (Å²) in [7, 11) is -3.76. The van der Waals surface area contributed by atoms with Crippen molar-refractivity contribution in [3.8, 4) is 6.07 Å². The highest BCUT2D eigenvalue weighted by molar-refractivity contribution is 7.89. The van der Waals surface area contributed by atoms with Crippen LogP contribution in [-0.2, 0) is 22.0 Å². The molecule has 1 saturated heterocycles. The third kappa shape index (κ3) is 2.55.